The van der Waals surface area contributed by atoms with Crippen molar-refractivity contribution in [2.75, 3.05) is 20.2 Å². The topological polar surface area (TPSA) is 91.2 Å². The zero-order valence-corrected chi connectivity index (χ0v) is 11.3. The minimum absolute atomic E-state index is 0.0277. The molecule has 0 fully saturated rings. The van der Waals surface area contributed by atoms with Gasteiger partial charge < -0.3 is 10.1 Å². The van der Waals surface area contributed by atoms with Gasteiger partial charge in [-0.1, -0.05) is 30.3 Å². The lowest BCUT2D eigenvalue weighted by Gasteiger charge is -2.16. The first-order valence-corrected chi connectivity index (χ1v) is 6.19. The quantitative estimate of drug-likeness (QED) is 0.559. The number of hydrogen-bond donors (Lipinski definition) is 2. The van der Waals surface area contributed by atoms with E-state index in [0.29, 0.717) is 6.54 Å². The number of nitrogens with one attached hydrogen (secondary N) is 2. The lowest BCUT2D eigenvalue weighted by Crippen LogP contribution is -2.39. The molecule has 0 saturated heterocycles. The summed E-state index contributed by atoms with van der Waals surface area (Å²) < 4.78 is 4.72. The van der Waals surface area contributed by atoms with Crippen molar-refractivity contribution in [3.8, 4) is 6.07 Å². The smallest absolute Gasteiger partial charge is 0.327 e. The average molecular weight is 275 g/mol. The third-order valence-corrected chi connectivity index (χ3v) is 2.60. The molecule has 0 saturated carbocycles. The van der Waals surface area contributed by atoms with Gasteiger partial charge in [-0.05, 0) is 5.56 Å². The van der Waals surface area contributed by atoms with Crippen LogP contribution in [0.25, 0.3) is 0 Å². The molecule has 106 valence electrons. The summed E-state index contributed by atoms with van der Waals surface area (Å²) in [5.74, 6) is -0.730. The van der Waals surface area contributed by atoms with Crippen LogP contribution in [0.4, 0.5) is 0 Å². The number of ether oxygens (including phenoxy) is 1. The van der Waals surface area contributed by atoms with Crippen LogP contribution in [0.3, 0.4) is 0 Å². The molecule has 1 aromatic rings. The molecular weight excluding hydrogens is 258 g/mol. The van der Waals surface area contributed by atoms with Crippen molar-refractivity contribution in [1.29, 1.82) is 5.26 Å². The molecule has 0 heterocycles. The van der Waals surface area contributed by atoms with Gasteiger partial charge in [0.15, 0.2) is 0 Å². The van der Waals surface area contributed by atoms with Gasteiger partial charge in [-0.3, -0.25) is 10.1 Å². The van der Waals surface area contributed by atoms with E-state index in [1.54, 1.807) is 24.3 Å². The van der Waals surface area contributed by atoms with Gasteiger partial charge in [-0.2, -0.15) is 5.26 Å². The van der Waals surface area contributed by atoms with Gasteiger partial charge in [-0.15, -0.1) is 0 Å². The highest BCUT2D eigenvalue weighted by atomic mass is 16.5. The maximum atomic E-state index is 11.7. The lowest BCUT2D eigenvalue weighted by atomic mass is 10.1. The fourth-order valence-electron chi connectivity index (χ4n) is 1.62. The molecule has 0 aliphatic carbocycles. The highest BCUT2D eigenvalue weighted by Crippen LogP contribution is 2.13. The Kier molecular flexibility index (Phi) is 6.79. The zero-order valence-electron chi connectivity index (χ0n) is 11.3. The van der Waals surface area contributed by atoms with Gasteiger partial charge in [0.1, 0.15) is 6.04 Å². The van der Waals surface area contributed by atoms with Gasteiger partial charge >= 0.3 is 5.97 Å². The Morgan fingerprint density at radius 3 is 2.65 bits per heavy atom. The molecule has 0 aliphatic heterocycles. The van der Waals surface area contributed by atoms with E-state index in [1.165, 1.54) is 7.11 Å². The van der Waals surface area contributed by atoms with Crippen molar-refractivity contribution in [1.82, 2.24) is 10.6 Å². The number of nitrogens with zero attached hydrogens (tertiary/aromatic N) is 1. The van der Waals surface area contributed by atoms with Gasteiger partial charge in [0.25, 0.3) is 0 Å². The van der Waals surface area contributed by atoms with E-state index in [1.807, 2.05) is 12.1 Å². The Morgan fingerprint density at radius 2 is 2.05 bits per heavy atom. The number of rotatable bonds is 7. The van der Waals surface area contributed by atoms with E-state index >= 15 is 0 Å². The second-order valence-electron chi connectivity index (χ2n) is 4.01. The lowest BCUT2D eigenvalue weighted by molar-refractivity contribution is -0.143. The summed E-state index contributed by atoms with van der Waals surface area (Å²) in [6.07, 6.45) is 0.255. The normalized spacial score (nSPS) is 11.2. The molecule has 20 heavy (non-hydrogen) atoms. The van der Waals surface area contributed by atoms with Crippen LogP contribution in [0.2, 0.25) is 0 Å². The van der Waals surface area contributed by atoms with Gasteiger partial charge in [0.2, 0.25) is 5.91 Å². The Morgan fingerprint density at radius 1 is 1.35 bits per heavy atom. The summed E-state index contributed by atoms with van der Waals surface area (Å²) in [7, 11) is 1.30. The third-order valence-electron chi connectivity index (χ3n) is 2.60. The van der Waals surface area contributed by atoms with E-state index in [9.17, 15) is 9.59 Å². The second-order valence-corrected chi connectivity index (χ2v) is 4.01. The number of methoxy groups -OCH3 is 1. The standard InChI is InChI=1S/C14H17N3O3/c1-20-14(19)13(11-6-3-2-4-7-11)17-10-12(18)16-9-5-8-15/h2-4,6-7,13,17H,5,9-10H2,1H3,(H,16,18). The van der Waals surface area contributed by atoms with Crippen LogP contribution in [0.15, 0.2) is 30.3 Å². The number of carbonyl (C=O) groups is 2. The van der Waals surface area contributed by atoms with E-state index in [0.717, 1.165) is 5.56 Å². The number of esters is 1. The third kappa shape index (κ3) is 5.08. The fourth-order valence-corrected chi connectivity index (χ4v) is 1.62. The SMILES string of the molecule is COC(=O)C(NCC(=O)NCCC#N)c1ccccc1. The summed E-state index contributed by atoms with van der Waals surface area (Å²) in [4.78, 5) is 23.3. The van der Waals surface area contributed by atoms with Crippen LogP contribution in [0.5, 0.6) is 0 Å². The molecule has 0 aliphatic rings. The van der Waals surface area contributed by atoms with Gasteiger partial charge in [-0.25, -0.2) is 4.79 Å². The Labute approximate surface area is 117 Å². The number of benzene rings is 1. The van der Waals surface area contributed by atoms with Gasteiger partial charge in [0, 0.05) is 6.54 Å². The zero-order chi connectivity index (χ0) is 14.8. The second kappa shape index (κ2) is 8.67. The van der Waals surface area contributed by atoms with Crippen molar-refractivity contribution in [2.24, 2.45) is 0 Å². The number of nitriles is 1. The maximum Gasteiger partial charge on any atom is 0.327 e. The molecule has 1 unspecified atom stereocenters. The Bertz CT molecular complexity index is 482. The Balaban J connectivity index is 2.57. The van der Waals surface area contributed by atoms with Crippen molar-refractivity contribution >= 4 is 11.9 Å². The minimum atomic E-state index is -0.692. The van der Waals surface area contributed by atoms with Crippen molar-refractivity contribution in [3.63, 3.8) is 0 Å². The molecule has 1 rings (SSSR count). The van der Waals surface area contributed by atoms with E-state index in [4.69, 9.17) is 10.00 Å². The van der Waals surface area contributed by atoms with Crippen molar-refractivity contribution in [3.05, 3.63) is 35.9 Å². The molecule has 0 aromatic heterocycles. The summed E-state index contributed by atoms with van der Waals surface area (Å²) >= 11 is 0. The first-order chi connectivity index (χ1) is 9.69. The minimum Gasteiger partial charge on any atom is -0.468 e. The van der Waals surface area contributed by atoms with Gasteiger partial charge in [0.05, 0.1) is 26.1 Å². The van der Waals surface area contributed by atoms with Crippen LogP contribution in [0.1, 0.15) is 18.0 Å². The average Bonchev–Trinajstić information content (AvgIpc) is 2.48. The van der Waals surface area contributed by atoms with E-state index in [2.05, 4.69) is 10.6 Å². The molecule has 0 spiro atoms. The van der Waals surface area contributed by atoms with Crippen LogP contribution in [-0.2, 0) is 14.3 Å². The summed E-state index contributed by atoms with van der Waals surface area (Å²) in [5, 5.41) is 13.8. The van der Waals surface area contributed by atoms with Crippen LogP contribution in [-0.4, -0.2) is 32.1 Å². The van der Waals surface area contributed by atoms with Crippen molar-refractivity contribution in [2.45, 2.75) is 12.5 Å². The monoisotopic (exact) mass is 275 g/mol. The number of amides is 1. The highest BCUT2D eigenvalue weighted by molar-refractivity contribution is 5.81. The summed E-state index contributed by atoms with van der Waals surface area (Å²) in [6.45, 7) is 0.269. The molecule has 0 radical (unpaired) electrons. The summed E-state index contributed by atoms with van der Waals surface area (Å²) in [6, 6.07) is 10.3. The summed E-state index contributed by atoms with van der Waals surface area (Å²) in [5.41, 5.74) is 0.726. The van der Waals surface area contributed by atoms with Crippen LogP contribution < -0.4 is 10.6 Å². The van der Waals surface area contributed by atoms with Crippen LogP contribution >= 0.6 is 0 Å². The molecule has 0 bridgehead atoms. The molecule has 1 amide bonds. The molecule has 2 N–H and O–H groups in total. The molecule has 1 aromatic carbocycles. The first-order valence-electron chi connectivity index (χ1n) is 6.19. The molecule has 6 nitrogen and oxygen atoms in total. The number of hydrogen-bond acceptors (Lipinski definition) is 5. The van der Waals surface area contributed by atoms with E-state index in [-0.39, 0.29) is 18.9 Å². The maximum absolute atomic E-state index is 11.7. The molecule has 6 heteroatoms. The van der Waals surface area contributed by atoms with Crippen LogP contribution in [0, 0.1) is 11.3 Å². The predicted octanol–water partition coefficient (Wildman–Crippen LogP) is 0.520. The first kappa shape index (κ1) is 15.7. The Hall–Kier alpha value is -2.39. The van der Waals surface area contributed by atoms with E-state index < -0.39 is 12.0 Å². The molecule has 1 atom stereocenters. The molecular formula is C14H17N3O3. The highest BCUT2D eigenvalue weighted by Gasteiger charge is 2.21. The number of carbonyl (C=O) groups excluding carboxylic acids is 2. The van der Waals surface area contributed by atoms with Crippen molar-refractivity contribution < 1.29 is 14.3 Å². The fraction of sp³-hybridized carbons (Fsp3) is 0.357. The predicted molar refractivity (Wildman–Crippen MR) is 72.4 cm³/mol. The largest absolute Gasteiger partial charge is 0.468 e.